The normalized spacial score (nSPS) is 10.9. The van der Waals surface area contributed by atoms with Crippen LogP contribution in [0.15, 0.2) is 17.5 Å². The molecule has 0 saturated heterocycles. The summed E-state index contributed by atoms with van der Waals surface area (Å²) in [6.07, 6.45) is 2.40. The van der Waals surface area contributed by atoms with Crippen molar-refractivity contribution in [1.29, 1.82) is 0 Å². The standard InChI is InChI=1S/C13H21NOS/c1-3-12(15)7-5-9-14(4-2)11-13-8-6-10-16-13/h6,8,10H,3-5,7,9,11H2,1-2H3. The molecular weight excluding hydrogens is 218 g/mol. The summed E-state index contributed by atoms with van der Waals surface area (Å²) in [5.74, 6) is 0.382. The molecule has 0 aliphatic carbocycles. The maximum Gasteiger partial charge on any atom is 0.132 e. The molecule has 0 aliphatic rings. The third-order valence-corrected chi connectivity index (χ3v) is 3.59. The number of nitrogens with zero attached hydrogens (tertiary/aromatic N) is 1. The van der Waals surface area contributed by atoms with Gasteiger partial charge in [0.1, 0.15) is 5.78 Å². The van der Waals surface area contributed by atoms with Crippen molar-refractivity contribution < 1.29 is 4.79 Å². The van der Waals surface area contributed by atoms with E-state index < -0.39 is 0 Å². The second-order valence-corrected chi connectivity index (χ2v) is 4.98. The molecule has 0 aromatic carbocycles. The van der Waals surface area contributed by atoms with E-state index in [-0.39, 0.29) is 0 Å². The molecule has 90 valence electrons. The van der Waals surface area contributed by atoms with Crippen molar-refractivity contribution in [1.82, 2.24) is 4.90 Å². The Balaban J connectivity index is 2.24. The first kappa shape index (κ1) is 13.4. The van der Waals surface area contributed by atoms with Gasteiger partial charge in [0, 0.05) is 24.3 Å². The highest BCUT2D eigenvalue weighted by Crippen LogP contribution is 2.12. The van der Waals surface area contributed by atoms with E-state index >= 15 is 0 Å². The summed E-state index contributed by atoms with van der Waals surface area (Å²) >= 11 is 1.80. The van der Waals surface area contributed by atoms with Crippen LogP contribution in [0, 0.1) is 0 Å². The fraction of sp³-hybridized carbons (Fsp3) is 0.615. The van der Waals surface area contributed by atoms with E-state index in [1.807, 2.05) is 6.92 Å². The van der Waals surface area contributed by atoms with Gasteiger partial charge in [-0.2, -0.15) is 0 Å². The summed E-state index contributed by atoms with van der Waals surface area (Å²) in [5, 5.41) is 2.11. The lowest BCUT2D eigenvalue weighted by Crippen LogP contribution is -2.24. The Morgan fingerprint density at radius 3 is 2.81 bits per heavy atom. The van der Waals surface area contributed by atoms with Crippen LogP contribution in [0.4, 0.5) is 0 Å². The molecule has 1 heterocycles. The molecule has 0 spiro atoms. The summed E-state index contributed by atoms with van der Waals surface area (Å²) in [6.45, 7) is 7.22. The minimum absolute atomic E-state index is 0.382. The van der Waals surface area contributed by atoms with E-state index in [0.29, 0.717) is 12.2 Å². The van der Waals surface area contributed by atoms with Gasteiger partial charge in [-0.3, -0.25) is 9.69 Å². The van der Waals surface area contributed by atoms with E-state index in [1.165, 1.54) is 4.88 Å². The highest BCUT2D eigenvalue weighted by Gasteiger charge is 2.05. The molecule has 1 aromatic heterocycles. The van der Waals surface area contributed by atoms with Crippen LogP contribution < -0.4 is 0 Å². The summed E-state index contributed by atoms with van der Waals surface area (Å²) in [5.41, 5.74) is 0. The molecule has 0 bridgehead atoms. The summed E-state index contributed by atoms with van der Waals surface area (Å²) in [6, 6.07) is 4.26. The first-order valence-electron chi connectivity index (χ1n) is 6.02. The van der Waals surface area contributed by atoms with E-state index in [2.05, 4.69) is 29.3 Å². The van der Waals surface area contributed by atoms with Crippen molar-refractivity contribution in [3.8, 4) is 0 Å². The zero-order chi connectivity index (χ0) is 11.8. The third kappa shape index (κ3) is 4.90. The second kappa shape index (κ2) is 7.58. The minimum atomic E-state index is 0.382. The van der Waals surface area contributed by atoms with Crippen molar-refractivity contribution in [2.45, 2.75) is 39.7 Å². The van der Waals surface area contributed by atoms with Gasteiger partial charge in [0.05, 0.1) is 0 Å². The van der Waals surface area contributed by atoms with Crippen molar-refractivity contribution in [2.75, 3.05) is 13.1 Å². The lowest BCUT2D eigenvalue weighted by atomic mass is 10.2. The van der Waals surface area contributed by atoms with Crippen LogP contribution in [0.25, 0.3) is 0 Å². The number of carbonyl (C=O) groups is 1. The number of Topliss-reactive ketones (excluding diaryl/α,β-unsaturated/α-hetero) is 1. The molecule has 0 radical (unpaired) electrons. The van der Waals surface area contributed by atoms with Gasteiger partial charge in [0.15, 0.2) is 0 Å². The zero-order valence-corrected chi connectivity index (χ0v) is 11.1. The van der Waals surface area contributed by atoms with Gasteiger partial charge in [-0.05, 0) is 31.0 Å². The monoisotopic (exact) mass is 239 g/mol. The molecule has 0 N–H and O–H groups in total. The third-order valence-electron chi connectivity index (χ3n) is 2.73. The molecule has 2 nitrogen and oxygen atoms in total. The number of rotatable bonds is 8. The second-order valence-electron chi connectivity index (χ2n) is 3.94. The van der Waals surface area contributed by atoms with Gasteiger partial charge in [0.2, 0.25) is 0 Å². The smallest absolute Gasteiger partial charge is 0.132 e. The zero-order valence-electron chi connectivity index (χ0n) is 10.2. The van der Waals surface area contributed by atoms with Crippen molar-refractivity contribution in [3.05, 3.63) is 22.4 Å². The summed E-state index contributed by atoms with van der Waals surface area (Å²) < 4.78 is 0. The lowest BCUT2D eigenvalue weighted by Gasteiger charge is -2.19. The topological polar surface area (TPSA) is 20.3 Å². The number of ketones is 1. The molecule has 0 atom stereocenters. The molecule has 0 unspecified atom stereocenters. The Bertz CT molecular complexity index is 295. The van der Waals surface area contributed by atoms with Gasteiger partial charge in [0.25, 0.3) is 0 Å². The van der Waals surface area contributed by atoms with Crippen LogP contribution >= 0.6 is 11.3 Å². The Morgan fingerprint density at radius 2 is 2.25 bits per heavy atom. The number of hydrogen-bond acceptors (Lipinski definition) is 3. The maximum absolute atomic E-state index is 11.2. The van der Waals surface area contributed by atoms with Gasteiger partial charge in [-0.25, -0.2) is 0 Å². The Kier molecular flexibility index (Phi) is 6.34. The molecule has 1 rings (SSSR count). The van der Waals surface area contributed by atoms with Gasteiger partial charge in [-0.1, -0.05) is 19.9 Å². The number of thiophene rings is 1. The molecule has 16 heavy (non-hydrogen) atoms. The van der Waals surface area contributed by atoms with Crippen LogP contribution in [-0.2, 0) is 11.3 Å². The highest BCUT2D eigenvalue weighted by molar-refractivity contribution is 7.09. The van der Waals surface area contributed by atoms with Crippen molar-refractivity contribution in [3.63, 3.8) is 0 Å². The van der Waals surface area contributed by atoms with Gasteiger partial charge in [-0.15, -0.1) is 11.3 Å². The van der Waals surface area contributed by atoms with E-state index in [4.69, 9.17) is 0 Å². The number of carbonyl (C=O) groups excluding carboxylic acids is 1. The molecule has 1 aromatic rings. The summed E-state index contributed by atoms with van der Waals surface area (Å²) in [4.78, 5) is 15.0. The predicted octanol–water partition coefficient (Wildman–Crippen LogP) is 3.33. The Hall–Kier alpha value is -0.670. The van der Waals surface area contributed by atoms with Gasteiger partial charge >= 0.3 is 0 Å². The molecule has 0 amide bonds. The fourth-order valence-electron chi connectivity index (χ4n) is 1.65. The molecular formula is C13H21NOS. The highest BCUT2D eigenvalue weighted by atomic mass is 32.1. The van der Waals surface area contributed by atoms with Crippen LogP contribution in [0.2, 0.25) is 0 Å². The van der Waals surface area contributed by atoms with E-state index in [0.717, 1.165) is 32.5 Å². The van der Waals surface area contributed by atoms with Crippen LogP contribution in [0.3, 0.4) is 0 Å². The first-order chi connectivity index (χ1) is 7.76. The fourth-order valence-corrected chi connectivity index (χ4v) is 2.39. The van der Waals surface area contributed by atoms with Crippen LogP contribution in [0.5, 0.6) is 0 Å². The molecule has 0 fully saturated rings. The lowest BCUT2D eigenvalue weighted by molar-refractivity contribution is -0.118. The number of hydrogen-bond donors (Lipinski definition) is 0. The van der Waals surface area contributed by atoms with Crippen LogP contribution in [0.1, 0.15) is 38.0 Å². The molecule has 0 aliphatic heterocycles. The molecule has 0 saturated carbocycles. The van der Waals surface area contributed by atoms with Crippen molar-refractivity contribution >= 4 is 17.1 Å². The molecule has 3 heteroatoms. The van der Waals surface area contributed by atoms with Crippen molar-refractivity contribution in [2.24, 2.45) is 0 Å². The average Bonchev–Trinajstić information content (AvgIpc) is 2.80. The minimum Gasteiger partial charge on any atom is -0.300 e. The van der Waals surface area contributed by atoms with Gasteiger partial charge < -0.3 is 0 Å². The van der Waals surface area contributed by atoms with E-state index in [1.54, 1.807) is 11.3 Å². The summed E-state index contributed by atoms with van der Waals surface area (Å²) in [7, 11) is 0. The van der Waals surface area contributed by atoms with E-state index in [9.17, 15) is 4.79 Å². The predicted molar refractivity (Wildman–Crippen MR) is 69.8 cm³/mol. The first-order valence-corrected chi connectivity index (χ1v) is 6.90. The quantitative estimate of drug-likeness (QED) is 0.693. The Labute approximate surface area is 102 Å². The largest absolute Gasteiger partial charge is 0.300 e. The van der Waals surface area contributed by atoms with Crippen LogP contribution in [-0.4, -0.2) is 23.8 Å². The Morgan fingerprint density at radius 1 is 1.44 bits per heavy atom. The maximum atomic E-state index is 11.2. The average molecular weight is 239 g/mol. The SMILES string of the molecule is CCC(=O)CCCN(CC)Cc1cccs1.